The summed E-state index contributed by atoms with van der Waals surface area (Å²) in [6, 6.07) is 1.81. The predicted octanol–water partition coefficient (Wildman–Crippen LogP) is 1.34. The van der Waals surface area contributed by atoms with E-state index in [2.05, 4.69) is 15.5 Å². The molecule has 1 aromatic rings. The predicted molar refractivity (Wildman–Crippen MR) is 57.7 cm³/mol. The Labute approximate surface area is 89.2 Å². The van der Waals surface area contributed by atoms with Crippen LogP contribution in [0.15, 0.2) is 6.07 Å². The van der Waals surface area contributed by atoms with E-state index in [4.69, 9.17) is 4.74 Å². The lowest BCUT2D eigenvalue weighted by Gasteiger charge is -2.06. The number of carbonyl (C=O) groups is 1. The lowest BCUT2D eigenvalue weighted by molar-refractivity contribution is -0.121. The topological polar surface area (TPSA) is 67.0 Å². The number of hydrogen-bond acceptors (Lipinski definition) is 3. The Hall–Kier alpha value is -1.36. The van der Waals surface area contributed by atoms with Crippen molar-refractivity contribution < 1.29 is 9.53 Å². The zero-order valence-corrected chi connectivity index (χ0v) is 9.33. The third kappa shape index (κ3) is 4.12. The van der Waals surface area contributed by atoms with Gasteiger partial charge in [0.15, 0.2) is 5.82 Å². The fourth-order valence-corrected chi connectivity index (χ4v) is 1.03. The van der Waals surface area contributed by atoms with Gasteiger partial charge in [0.05, 0.1) is 6.10 Å². The molecular weight excluding hydrogens is 194 g/mol. The van der Waals surface area contributed by atoms with Gasteiger partial charge >= 0.3 is 0 Å². The molecule has 1 amide bonds. The van der Waals surface area contributed by atoms with Crippen molar-refractivity contribution in [2.75, 3.05) is 11.9 Å². The van der Waals surface area contributed by atoms with E-state index in [0.717, 1.165) is 12.1 Å². The van der Waals surface area contributed by atoms with E-state index in [1.165, 1.54) is 0 Å². The summed E-state index contributed by atoms with van der Waals surface area (Å²) in [4.78, 5) is 11.3. The molecule has 0 radical (unpaired) electrons. The fourth-order valence-electron chi connectivity index (χ4n) is 1.03. The highest BCUT2D eigenvalue weighted by molar-refractivity contribution is 5.90. The van der Waals surface area contributed by atoms with E-state index in [-0.39, 0.29) is 18.6 Å². The molecule has 1 heterocycles. The maximum Gasteiger partial charge on any atom is 0.251 e. The van der Waals surface area contributed by atoms with E-state index >= 15 is 0 Å². The van der Waals surface area contributed by atoms with Gasteiger partial charge in [-0.2, -0.15) is 5.10 Å². The highest BCUT2D eigenvalue weighted by atomic mass is 16.5. The van der Waals surface area contributed by atoms with Crippen molar-refractivity contribution in [2.45, 2.75) is 33.3 Å². The second-order valence-electron chi connectivity index (χ2n) is 3.54. The van der Waals surface area contributed by atoms with Crippen molar-refractivity contribution in [2.24, 2.45) is 0 Å². The average molecular weight is 211 g/mol. The quantitative estimate of drug-likeness (QED) is 0.772. The fraction of sp³-hybridized carbons (Fsp3) is 0.600. The number of H-pyrrole nitrogens is 1. The Morgan fingerprint density at radius 2 is 2.40 bits per heavy atom. The molecule has 84 valence electrons. The molecular formula is C10H17N3O2. The van der Waals surface area contributed by atoms with Crippen LogP contribution in [-0.4, -0.2) is 28.8 Å². The second kappa shape index (κ2) is 5.50. The van der Waals surface area contributed by atoms with Gasteiger partial charge in [0.2, 0.25) is 0 Å². The van der Waals surface area contributed by atoms with Gasteiger partial charge in [-0.1, -0.05) is 6.92 Å². The number of hydrogen-bond donors (Lipinski definition) is 2. The van der Waals surface area contributed by atoms with E-state index in [1.807, 2.05) is 26.8 Å². The highest BCUT2D eigenvalue weighted by Gasteiger charge is 2.06. The summed E-state index contributed by atoms with van der Waals surface area (Å²) >= 11 is 0. The number of aromatic nitrogens is 2. The molecule has 0 aliphatic heterocycles. The normalized spacial score (nSPS) is 10.7. The van der Waals surface area contributed by atoms with Crippen molar-refractivity contribution in [3.05, 3.63) is 11.8 Å². The molecule has 0 unspecified atom stereocenters. The van der Waals surface area contributed by atoms with E-state index in [0.29, 0.717) is 5.82 Å². The number of ether oxygens (including phenoxy) is 1. The Kier molecular flexibility index (Phi) is 4.30. The first kappa shape index (κ1) is 11.7. The van der Waals surface area contributed by atoms with Crippen molar-refractivity contribution in [3.63, 3.8) is 0 Å². The van der Waals surface area contributed by atoms with Crippen LogP contribution in [0.2, 0.25) is 0 Å². The molecule has 0 aromatic carbocycles. The summed E-state index contributed by atoms with van der Waals surface area (Å²) < 4.78 is 5.16. The molecule has 5 nitrogen and oxygen atoms in total. The maximum absolute atomic E-state index is 11.3. The first-order valence-corrected chi connectivity index (χ1v) is 5.07. The lowest BCUT2D eigenvalue weighted by Crippen LogP contribution is -2.20. The number of anilines is 1. The summed E-state index contributed by atoms with van der Waals surface area (Å²) in [5, 5.41) is 9.41. The first-order chi connectivity index (χ1) is 7.11. The molecule has 0 fully saturated rings. The summed E-state index contributed by atoms with van der Waals surface area (Å²) in [7, 11) is 0. The van der Waals surface area contributed by atoms with Crippen molar-refractivity contribution in [3.8, 4) is 0 Å². The van der Waals surface area contributed by atoms with Gasteiger partial charge in [-0.15, -0.1) is 0 Å². The monoisotopic (exact) mass is 211 g/mol. The van der Waals surface area contributed by atoms with E-state index < -0.39 is 0 Å². The number of amides is 1. The van der Waals surface area contributed by atoms with Crippen LogP contribution in [0.4, 0.5) is 5.82 Å². The lowest BCUT2D eigenvalue weighted by atomic mass is 10.3. The molecule has 1 rings (SSSR count). The molecule has 0 aliphatic carbocycles. The summed E-state index contributed by atoms with van der Waals surface area (Å²) in [6.45, 7) is 5.85. The molecule has 2 N–H and O–H groups in total. The zero-order valence-electron chi connectivity index (χ0n) is 9.33. The van der Waals surface area contributed by atoms with Crippen LogP contribution >= 0.6 is 0 Å². The standard InChI is InChI=1S/C10H17N3O2/c1-4-8-5-9(13-12-8)11-10(14)6-15-7(2)3/h5,7H,4,6H2,1-3H3,(H2,11,12,13,14). The Balaban J connectivity index is 2.37. The molecule has 0 spiro atoms. The Morgan fingerprint density at radius 1 is 1.67 bits per heavy atom. The van der Waals surface area contributed by atoms with Gasteiger partial charge < -0.3 is 10.1 Å². The number of nitrogens with one attached hydrogen (secondary N) is 2. The largest absolute Gasteiger partial charge is 0.369 e. The SMILES string of the molecule is CCc1cc(NC(=O)COC(C)C)n[nH]1. The van der Waals surface area contributed by atoms with Crippen LogP contribution in [0.5, 0.6) is 0 Å². The van der Waals surface area contributed by atoms with Crippen LogP contribution in [-0.2, 0) is 16.0 Å². The number of nitrogens with zero attached hydrogens (tertiary/aromatic N) is 1. The second-order valence-corrected chi connectivity index (χ2v) is 3.54. The molecule has 5 heteroatoms. The van der Waals surface area contributed by atoms with Gasteiger partial charge in [-0.25, -0.2) is 0 Å². The highest BCUT2D eigenvalue weighted by Crippen LogP contribution is 2.05. The van der Waals surface area contributed by atoms with Gasteiger partial charge in [-0.05, 0) is 20.3 Å². The van der Waals surface area contributed by atoms with Crippen LogP contribution < -0.4 is 5.32 Å². The summed E-state index contributed by atoms with van der Waals surface area (Å²) in [5.74, 6) is 0.363. The summed E-state index contributed by atoms with van der Waals surface area (Å²) in [5.41, 5.74) is 0.995. The van der Waals surface area contributed by atoms with Gasteiger partial charge in [0.25, 0.3) is 5.91 Å². The number of carbonyl (C=O) groups excluding carboxylic acids is 1. The first-order valence-electron chi connectivity index (χ1n) is 5.07. The number of aromatic amines is 1. The minimum absolute atomic E-state index is 0.0566. The molecule has 15 heavy (non-hydrogen) atoms. The minimum Gasteiger partial charge on any atom is -0.369 e. The van der Waals surface area contributed by atoms with Crippen LogP contribution in [0.25, 0.3) is 0 Å². The van der Waals surface area contributed by atoms with E-state index in [1.54, 1.807) is 0 Å². The molecule has 0 aliphatic rings. The Bertz CT molecular complexity index is 320. The minimum atomic E-state index is -0.183. The number of aryl methyl sites for hydroxylation is 1. The molecule has 0 saturated heterocycles. The molecule has 0 saturated carbocycles. The zero-order chi connectivity index (χ0) is 11.3. The Morgan fingerprint density at radius 3 is 2.93 bits per heavy atom. The van der Waals surface area contributed by atoms with Crippen LogP contribution in [0.1, 0.15) is 26.5 Å². The third-order valence-corrected chi connectivity index (χ3v) is 1.83. The molecule has 0 atom stereocenters. The number of rotatable bonds is 5. The van der Waals surface area contributed by atoms with E-state index in [9.17, 15) is 4.79 Å². The van der Waals surface area contributed by atoms with Crippen LogP contribution in [0, 0.1) is 0 Å². The third-order valence-electron chi connectivity index (χ3n) is 1.83. The van der Waals surface area contributed by atoms with Crippen molar-refractivity contribution in [1.82, 2.24) is 10.2 Å². The van der Waals surface area contributed by atoms with Gasteiger partial charge in [-0.3, -0.25) is 9.89 Å². The van der Waals surface area contributed by atoms with Gasteiger partial charge in [0, 0.05) is 11.8 Å². The van der Waals surface area contributed by atoms with Gasteiger partial charge in [0.1, 0.15) is 6.61 Å². The maximum atomic E-state index is 11.3. The summed E-state index contributed by atoms with van der Waals surface area (Å²) in [6.07, 6.45) is 0.923. The van der Waals surface area contributed by atoms with Crippen molar-refractivity contribution in [1.29, 1.82) is 0 Å². The average Bonchev–Trinajstić information content (AvgIpc) is 2.62. The van der Waals surface area contributed by atoms with Crippen molar-refractivity contribution >= 4 is 11.7 Å². The molecule has 0 bridgehead atoms. The smallest absolute Gasteiger partial charge is 0.251 e. The van der Waals surface area contributed by atoms with Crippen LogP contribution in [0.3, 0.4) is 0 Å². The molecule has 1 aromatic heterocycles.